The first kappa shape index (κ1) is 31.2. The summed E-state index contributed by atoms with van der Waals surface area (Å²) >= 11 is 0. The summed E-state index contributed by atoms with van der Waals surface area (Å²) in [6.07, 6.45) is 0.824. The van der Waals surface area contributed by atoms with Crippen molar-refractivity contribution in [2.45, 2.75) is 106 Å². The summed E-state index contributed by atoms with van der Waals surface area (Å²) in [5.41, 5.74) is 4.75. The maximum absolute atomic E-state index is 14.5. The van der Waals surface area contributed by atoms with Crippen molar-refractivity contribution in [2.75, 3.05) is 5.32 Å². The fraction of sp³-hybridized carbons (Fsp3) is 0.545. The summed E-state index contributed by atoms with van der Waals surface area (Å²) in [4.78, 5) is 43.4. The molecule has 0 bridgehead atoms. The van der Waals surface area contributed by atoms with Gasteiger partial charge in [-0.2, -0.15) is 0 Å². The molecule has 3 amide bonds. The van der Waals surface area contributed by atoms with E-state index in [1.165, 1.54) is 0 Å². The second-order valence-corrected chi connectivity index (χ2v) is 12.6. The highest BCUT2D eigenvalue weighted by atomic mass is 16.6. The number of hydrogen-bond acceptors (Lipinski definition) is 4. The smallest absolute Gasteiger partial charge is 0.408 e. The average molecular weight is 550 g/mol. The maximum Gasteiger partial charge on any atom is 0.408 e. The molecule has 2 aromatic carbocycles. The highest BCUT2D eigenvalue weighted by Crippen LogP contribution is 2.42. The third-order valence-corrected chi connectivity index (χ3v) is 7.81. The highest BCUT2D eigenvalue weighted by molar-refractivity contribution is 6.00. The van der Waals surface area contributed by atoms with E-state index in [4.69, 9.17) is 4.74 Å². The van der Waals surface area contributed by atoms with Crippen LogP contribution in [0.25, 0.3) is 0 Å². The van der Waals surface area contributed by atoms with E-state index in [-0.39, 0.29) is 29.7 Å². The number of rotatable bonds is 9. The molecular weight excluding hydrogens is 502 g/mol. The minimum Gasteiger partial charge on any atom is -0.444 e. The van der Waals surface area contributed by atoms with Gasteiger partial charge in [0.2, 0.25) is 5.91 Å². The molecule has 218 valence electrons. The van der Waals surface area contributed by atoms with Crippen LogP contribution >= 0.6 is 0 Å². The van der Waals surface area contributed by atoms with Crippen molar-refractivity contribution < 1.29 is 19.1 Å². The summed E-state index contributed by atoms with van der Waals surface area (Å²) in [5.74, 6) is -0.463. The number of alkyl carbamates (subject to hydrolysis) is 1. The lowest BCUT2D eigenvalue weighted by Gasteiger charge is -2.37. The predicted octanol–water partition coefficient (Wildman–Crippen LogP) is 6.78. The first-order valence-corrected chi connectivity index (χ1v) is 14.4. The minimum atomic E-state index is -0.867. The first-order valence-electron chi connectivity index (χ1n) is 14.4. The van der Waals surface area contributed by atoms with Gasteiger partial charge in [-0.1, -0.05) is 69.2 Å². The SMILES string of the molecule is CCC(C)C(NC(=O)OC(C)(C)C)C(=O)N(C(C(=O)Nc1c(C)cccc1C)c1ccc(C)cc1C)C1CC1C. The largest absolute Gasteiger partial charge is 0.444 e. The molecule has 0 aromatic heterocycles. The van der Waals surface area contributed by atoms with Gasteiger partial charge in [0.05, 0.1) is 0 Å². The third kappa shape index (κ3) is 7.43. The number of ether oxygens (including phenoxy) is 1. The van der Waals surface area contributed by atoms with Crippen LogP contribution in [0.15, 0.2) is 36.4 Å². The van der Waals surface area contributed by atoms with Crippen molar-refractivity contribution in [1.82, 2.24) is 10.2 Å². The van der Waals surface area contributed by atoms with Crippen molar-refractivity contribution in [3.63, 3.8) is 0 Å². The summed E-state index contributed by atoms with van der Waals surface area (Å²) in [6, 6.07) is 10.0. The molecule has 0 saturated heterocycles. The molecular formula is C33H47N3O4. The van der Waals surface area contributed by atoms with E-state index in [1.807, 2.05) is 77.9 Å². The van der Waals surface area contributed by atoms with E-state index < -0.39 is 23.8 Å². The molecule has 1 aliphatic carbocycles. The molecule has 1 fully saturated rings. The Labute approximate surface area is 240 Å². The van der Waals surface area contributed by atoms with E-state index in [0.717, 1.165) is 39.9 Å². The normalized spacial score (nSPS) is 18.8. The quantitative estimate of drug-likeness (QED) is 0.361. The van der Waals surface area contributed by atoms with Crippen molar-refractivity contribution in [3.8, 4) is 0 Å². The van der Waals surface area contributed by atoms with Crippen molar-refractivity contribution >= 4 is 23.6 Å². The van der Waals surface area contributed by atoms with Crippen LogP contribution in [0.4, 0.5) is 10.5 Å². The molecule has 7 heteroatoms. The molecule has 0 spiro atoms. The standard InChI is InChI=1S/C33H47N3O4/c1-11-20(3)28(35-32(39)40-33(8,9)10)31(38)36(26-18-24(26)7)29(25-16-15-19(2)17-23(25)6)30(37)34-27-21(4)13-12-14-22(27)5/h12-17,20,24,26,28-29H,11,18H2,1-10H3,(H,34,37)(H,35,39). The Balaban J connectivity index is 2.11. The van der Waals surface area contributed by atoms with Gasteiger partial charge in [0.15, 0.2) is 0 Å². The van der Waals surface area contributed by atoms with Crippen molar-refractivity contribution in [2.24, 2.45) is 11.8 Å². The average Bonchev–Trinajstić information content (AvgIpc) is 3.57. The zero-order valence-electron chi connectivity index (χ0n) is 25.8. The van der Waals surface area contributed by atoms with Crippen LogP contribution in [-0.2, 0) is 14.3 Å². The van der Waals surface area contributed by atoms with Crippen LogP contribution < -0.4 is 10.6 Å². The molecule has 1 aliphatic rings. The molecule has 3 rings (SSSR count). The molecule has 0 heterocycles. The summed E-state index contributed by atoms with van der Waals surface area (Å²) in [6.45, 7) is 19.3. The Kier molecular flexibility index (Phi) is 9.70. The highest BCUT2D eigenvalue weighted by Gasteiger charge is 2.49. The molecule has 0 radical (unpaired) electrons. The van der Waals surface area contributed by atoms with E-state index in [2.05, 4.69) is 17.6 Å². The lowest BCUT2D eigenvalue weighted by atomic mass is 9.93. The molecule has 1 saturated carbocycles. The van der Waals surface area contributed by atoms with Gasteiger partial charge in [-0.15, -0.1) is 0 Å². The minimum absolute atomic E-state index is 0.117. The number of para-hydroxylation sites is 1. The number of hydrogen-bond donors (Lipinski definition) is 2. The molecule has 5 atom stereocenters. The Morgan fingerprint density at radius 3 is 2.12 bits per heavy atom. The monoisotopic (exact) mass is 549 g/mol. The second kappa shape index (κ2) is 12.4. The molecule has 7 nitrogen and oxygen atoms in total. The topological polar surface area (TPSA) is 87.7 Å². The Hall–Kier alpha value is -3.35. The van der Waals surface area contributed by atoms with Crippen LogP contribution in [0.2, 0.25) is 0 Å². The van der Waals surface area contributed by atoms with E-state index in [9.17, 15) is 14.4 Å². The van der Waals surface area contributed by atoms with Crippen LogP contribution in [0.1, 0.15) is 88.2 Å². The van der Waals surface area contributed by atoms with Gasteiger partial charge in [0.1, 0.15) is 17.7 Å². The van der Waals surface area contributed by atoms with Crippen molar-refractivity contribution in [3.05, 3.63) is 64.2 Å². The van der Waals surface area contributed by atoms with Crippen molar-refractivity contribution in [1.29, 1.82) is 0 Å². The predicted molar refractivity (Wildman–Crippen MR) is 160 cm³/mol. The van der Waals surface area contributed by atoms with E-state index in [1.54, 1.807) is 25.7 Å². The van der Waals surface area contributed by atoms with Gasteiger partial charge in [-0.3, -0.25) is 9.59 Å². The van der Waals surface area contributed by atoms with Gasteiger partial charge < -0.3 is 20.3 Å². The third-order valence-electron chi connectivity index (χ3n) is 7.81. The van der Waals surface area contributed by atoms with Crippen LogP contribution in [-0.4, -0.2) is 40.5 Å². The Morgan fingerprint density at radius 1 is 1.02 bits per heavy atom. The zero-order valence-corrected chi connectivity index (χ0v) is 25.8. The van der Waals surface area contributed by atoms with Gasteiger partial charge in [-0.05, 0) is 89.0 Å². The summed E-state index contributed by atoms with van der Waals surface area (Å²) in [7, 11) is 0. The number of nitrogens with one attached hydrogen (secondary N) is 2. The molecule has 40 heavy (non-hydrogen) atoms. The van der Waals surface area contributed by atoms with Crippen LogP contribution in [0, 0.1) is 39.5 Å². The fourth-order valence-corrected chi connectivity index (χ4v) is 5.20. The van der Waals surface area contributed by atoms with E-state index >= 15 is 0 Å². The first-order chi connectivity index (χ1) is 18.6. The number of anilines is 1. The number of benzene rings is 2. The number of amides is 3. The lowest BCUT2D eigenvalue weighted by molar-refractivity contribution is -0.142. The Morgan fingerprint density at radius 2 is 1.62 bits per heavy atom. The maximum atomic E-state index is 14.5. The molecule has 0 aliphatic heterocycles. The number of carbonyl (C=O) groups excluding carboxylic acids is 3. The van der Waals surface area contributed by atoms with Gasteiger partial charge in [0.25, 0.3) is 5.91 Å². The number of aryl methyl sites for hydroxylation is 4. The van der Waals surface area contributed by atoms with Crippen LogP contribution in [0.3, 0.4) is 0 Å². The molecule has 5 unspecified atom stereocenters. The molecule has 2 aromatic rings. The number of nitrogens with zero attached hydrogens (tertiary/aromatic N) is 1. The van der Waals surface area contributed by atoms with Gasteiger partial charge >= 0.3 is 6.09 Å². The second-order valence-electron chi connectivity index (χ2n) is 12.6. The fourth-order valence-electron chi connectivity index (χ4n) is 5.20. The summed E-state index contributed by atoms with van der Waals surface area (Å²) in [5, 5.41) is 6.02. The molecule has 2 N–H and O–H groups in total. The van der Waals surface area contributed by atoms with Crippen LogP contribution in [0.5, 0.6) is 0 Å². The lowest BCUT2D eigenvalue weighted by Crippen LogP contribution is -2.55. The Bertz CT molecular complexity index is 1230. The zero-order chi connectivity index (χ0) is 29.9. The van der Waals surface area contributed by atoms with Gasteiger partial charge in [0, 0.05) is 11.7 Å². The number of carbonyl (C=O) groups is 3. The summed E-state index contributed by atoms with van der Waals surface area (Å²) < 4.78 is 5.52. The van der Waals surface area contributed by atoms with Gasteiger partial charge in [-0.25, -0.2) is 4.79 Å². The van der Waals surface area contributed by atoms with E-state index in [0.29, 0.717) is 6.42 Å².